The van der Waals surface area contributed by atoms with Crippen LogP contribution in [0.3, 0.4) is 0 Å². The molecule has 1 rings (SSSR count). The quantitative estimate of drug-likeness (QED) is 0.733. The lowest BCUT2D eigenvalue weighted by atomic mass is 9.91. The van der Waals surface area contributed by atoms with E-state index in [1.165, 1.54) is 25.9 Å². The van der Waals surface area contributed by atoms with Gasteiger partial charge in [0.05, 0.1) is 6.61 Å². The fraction of sp³-hybridized carbons (Fsp3) is 1.00. The number of hydrogen-bond acceptors (Lipinski definition) is 3. The largest absolute Gasteiger partial charge is 0.394 e. The van der Waals surface area contributed by atoms with Crippen molar-refractivity contribution in [3.8, 4) is 0 Å². The van der Waals surface area contributed by atoms with Gasteiger partial charge in [-0.1, -0.05) is 13.8 Å². The Balaban J connectivity index is 2.43. The van der Waals surface area contributed by atoms with E-state index >= 15 is 0 Å². The molecule has 2 atom stereocenters. The maximum atomic E-state index is 9.62. The molecular formula is C15H32N2O. The normalized spacial score (nSPS) is 23.8. The molecule has 2 unspecified atom stereocenters. The summed E-state index contributed by atoms with van der Waals surface area (Å²) in [7, 11) is 0. The van der Waals surface area contributed by atoms with Crippen LogP contribution in [0.15, 0.2) is 0 Å². The maximum Gasteiger partial charge on any atom is 0.0611 e. The highest BCUT2D eigenvalue weighted by molar-refractivity contribution is 4.88. The summed E-state index contributed by atoms with van der Waals surface area (Å²) in [5, 5.41) is 13.1. The summed E-state index contributed by atoms with van der Waals surface area (Å²) in [6.07, 6.45) is 4.79. The van der Waals surface area contributed by atoms with E-state index in [1.807, 2.05) is 0 Å². The Morgan fingerprint density at radius 3 is 2.50 bits per heavy atom. The average molecular weight is 256 g/mol. The minimum absolute atomic E-state index is 0.126. The van der Waals surface area contributed by atoms with Gasteiger partial charge >= 0.3 is 0 Å². The summed E-state index contributed by atoms with van der Waals surface area (Å²) in [5.41, 5.74) is -0.126. The first-order chi connectivity index (χ1) is 8.50. The van der Waals surface area contributed by atoms with E-state index in [4.69, 9.17) is 0 Å². The van der Waals surface area contributed by atoms with Crippen molar-refractivity contribution in [2.45, 2.75) is 65.0 Å². The maximum absolute atomic E-state index is 9.62. The van der Waals surface area contributed by atoms with Crippen LogP contribution in [0.5, 0.6) is 0 Å². The fourth-order valence-corrected chi connectivity index (χ4v) is 2.87. The molecule has 108 valence electrons. The molecule has 2 N–H and O–H groups in total. The standard InChI is InChI=1S/C15H32N2O/c1-5-8-16-15(4,12-18)11-14(3)17-9-6-13(2)7-10-17/h13-14,16,18H,5-12H2,1-4H3. The van der Waals surface area contributed by atoms with Crippen molar-refractivity contribution < 1.29 is 5.11 Å². The summed E-state index contributed by atoms with van der Waals surface area (Å²) in [4.78, 5) is 2.58. The zero-order chi connectivity index (χ0) is 13.6. The zero-order valence-electron chi connectivity index (χ0n) is 12.7. The molecule has 0 bridgehead atoms. The molecular weight excluding hydrogens is 224 g/mol. The monoisotopic (exact) mass is 256 g/mol. The van der Waals surface area contributed by atoms with Gasteiger partial charge in [0.2, 0.25) is 0 Å². The van der Waals surface area contributed by atoms with Gasteiger partial charge in [0.15, 0.2) is 0 Å². The molecule has 1 fully saturated rings. The number of likely N-dealkylation sites (tertiary alicyclic amines) is 1. The topological polar surface area (TPSA) is 35.5 Å². The third kappa shape index (κ3) is 4.87. The number of aliphatic hydroxyl groups is 1. The van der Waals surface area contributed by atoms with Crippen LogP contribution in [-0.4, -0.2) is 47.8 Å². The van der Waals surface area contributed by atoms with E-state index in [2.05, 4.69) is 37.9 Å². The van der Waals surface area contributed by atoms with Crippen LogP contribution in [0, 0.1) is 5.92 Å². The molecule has 0 amide bonds. The number of nitrogens with one attached hydrogen (secondary N) is 1. The van der Waals surface area contributed by atoms with Crippen molar-refractivity contribution in [2.24, 2.45) is 5.92 Å². The lowest BCUT2D eigenvalue weighted by Crippen LogP contribution is -2.51. The molecule has 0 radical (unpaired) electrons. The smallest absolute Gasteiger partial charge is 0.0611 e. The Hall–Kier alpha value is -0.120. The van der Waals surface area contributed by atoms with Crippen LogP contribution in [0.2, 0.25) is 0 Å². The van der Waals surface area contributed by atoms with E-state index in [0.717, 1.165) is 25.3 Å². The first kappa shape index (κ1) is 15.9. The minimum atomic E-state index is -0.126. The van der Waals surface area contributed by atoms with E-state index in [0.29, 0.717) is 6.04 Å². The summed E-state index contributed by atoms with van der Waals surface area (Å²) in [6, 6.07) is 0.555. The van der Waals surface area contributed by atoms with Gasteiger partial charge in [0, 0.05) is 11.6 Å². The van der Waals surface area contributed by atoms with Gasteiger partial charge in [-0.3, -0.25) is 0 Å². The highest BCUT2D eigenvalue weighted by Crippen LogP contribution is 2.22. The fourth-order valence-electron chi connectivity index (χ4n) is 2.87. The Labute approximate surface area is 113 Å². The van der Waals surface area contributed by atoms with Gasteiger partial charge in [-0.05, 0) is 65.1 Å². The predicted molar refractivity (Wildman–Crippen MR) is 77.8 cm³/mol. The van der Waals surface area contributed by atoms with Crippen LogP contribution in [0.25, 0.3) is 0 Å². The molecule has 0 saturated carbocycles. The van der Waals surface area contributed by atoms with Crippen LogP contribution < -0.4 is 5.32 Å². The molecule has 0 aromatic rings. The molecule has 0 spiro atoms. The van der Waals surface area contributed by atoms with Crippen LogP contribution in [-0.2, 0) is 0 Å². The van der Waals surface area contributed by atoms with Crippen LogP contribution >= 0.6 is 0 Å². The van der Waals surface area contributed by atoms with E-state index in [1.54, 1.807) is 0 Å². The van der Waals surface area contributed by atoms with Crippen LogP contribution in [0.1, 0.15) is 53.4 Å². The molecule has 1 aliphatic rings. The Morgan fingerprint density at radius 1 is 1.39 bits per heavy atom. The number of nitrogens with zero attached hydrogens (tertiary/aromatic N) is 1. The molecule has 3 heteroatoms. The van der Waals surface area contributed by atoms with Crippen LogP contribution in [0.4, 0.5) is 0 Å². The zero-order valence-corrected chi connectivity index (χ0v) is 12.7. The van der Waals surface area contributed by atoms with E-state index < -0.39 is 0 Å². The number of hydrogen-bond donors (Lipinski definition) is 2. The molecule has 3 nitrogen and oxygen atoms in total. The molecule has 0 aliphatic carbocycles. The Bertz CT molecular complexity index is 227. The second-order valence-corrected chi connectivity index (χ2v) is 6.42. The van der Waals surface area contributed by atoms with Crippen molar-refractivity contribution in [2.75, 3.05) is 26.2 Å². The lowest BCUT2D eigenvalue weighted by molar-refractivity contribution is 0.0926. The van der Waals surface area contributed by atoms with Crippen molar-refractivity contribution in [1.29, 1.82) is 0 Å². The molecule has 18 heavy (non-hydrogen) atoms. The van der Waals surface area contributed by atoms with Gasteiger partial charge < -0.3 is 15.3 Å². The molecule has 0 aromatic carbocycles. The average Bonchev–Trinajstić information content (AvgIpc) is 2.37. The number of piperidine rings is 1. The van der Waals surface area contributed by atoms with E-state index in [9.17, 15) is 5.11 Å². The summed E-state index contributed by atoms with van der Waals surface area (Å²) in [6.45, 7) is 12.6. The number of rotatable bonds is 7. The SMILES string of the molecule is CCCNC(C)(CO)CC(C)N1CCC(C)CC1. The van der Waals surface area contributed by atoms with Crippen molar-refractivity contribution in [3.63, 3.8) is 0 Å². The first-order valence-electron chi connectivity index (χ1n) is 7.60. The predicted octanol–water partition coefficient (Wildman–Crippen LogP) is 2.25. The molecule has 1 aliphatic heterocycles. The van der Waals surface area contributed by atoms with Gasteiger partial charge in [-0.15, -0.1) is 0 Å². The minimum Gasteiger partial charge on any atom is -0.394 e. The van der Waals surface area contributed by atoms with Crippen molar-refractivity contribution in [3.05, 3.63) is 0 Å². The Kier molecular flexibility index (Phi) is 6.61. The van der Waals surface area contributed by atoms with Gasteiger partial charge in [0.1, 0.15) is 0 Å². The summed E-state index contributed by atoms with van der Waals surface area (Å²) < 4.78 is 0. The Morgan fingerprint density at radius 2 is 2.00 bits per heavy atom. The molecule has 0 aromatic heterocycles. The number of aliphatic hydroxyl groups excluding tert-OH is 1. The van der Waals surface area contributed by atoms with Gasteiger partial charge in [-0.25, -0.2) is 0 Å². The van der Waals surface area contributed by atoms with Gasteiger partial charge in [0.25, 0.3) is 0 Å². The molecule has 1 heterocycles. The second kappa shape index (κ2) is 7.46. The third-order valence-electron chi connectivity index (χ3n) is 4.34. The summed E-state index contributed by atoms with van der Waals surface area (Å²) in [5.74, 6) is 0.885. The molecule has 1 saturated heterocycles. The first-order valence-corrected chi connectivity index (χ1v) is 7.60. The highest BCUT2D eigenvalue weighted by Gasteiger charge is 2.29. The van der Waals surface area contributed by atoms with Crippen molar-refractivity contribution >= 4 is 0 Å². The second-order valence-electron chi connectivity index (χ2n) is 6.42. The van der Waals surface area contributed by atoms with Gasteiger partial charge in [-0.2, -0.15) is 0 Å². The van der Waals surface area contributed by atoms with E-state index in [-0.39, 0.29) is 12.1 Å². The highest BCUT2D eigenvalue weighted by atomic mass is 16.3. The lowest BCUT2D eigenvalue weighted by Gasteiger charge is -2.39. The van der Waals surface area contributed by atoms with Crippen molar-refractivity contribution in [1.82, 2.24) is 10.2 Å². The summed E-state index contributed by atoms with van der Waals surface area (Å²) >= 11 is 0. The third-order valence-corrected chi connectivity index (χ3v) is 4.34.